The molecule has 0 heterocycles. The van der Waals surface area contributed by atoms with Crippen LogP contribution >= 0.6 is 11.6 Å². The summed E-state index contributed by atoms with van der Waals surface area (Å²) < 4.78 is 0. The number of nitrogens with zero attached hydrogens (tertiary/aromatic N) is 1. The van der Waals surface area contributed by atoms with E-state index in [1.165, 1.54) is 64.5 Å². The molecule has 0 amide bonds. The number of unbranched alkanes of at least 4 members (excludes halogenated alkanes) is 6. The maximum atomic E-state index is 5.79. The number of hydrogen-bond donors (Lipinski definition) is 0. The van der Waals surface area contributed by atoms with Crippen molar-refractivity contribution in [3.8, 4) is 0 Å². The molecule has 0 unspecified atom stereocenters. The molecule has 0 aromatic rings. The van der Waals surface area contributed by atoms with Crippen LogP contribution in [0.15, 0.2) is 0 Å². The van der Waals surface area contributed by atoms with Crippen LogP contribution in [0.5, 0.6) is 0 Å². The lowest BCUT2D eigenvalue weighted by Gasteiger charge is -2.20. The second kappa shape index (κ2) is 13.3. The predicted octanol–water partition coefficient (Wildman–Crippen LogP) is 4.69. The first kappa shape index (κ1) is 16.2. The molecule has 0 aromatic carbocycles. The first-order valence-electron chi connectivity index (χ1n) is 7.13. The van der Waals surface area contributed by atoms with Crippen LogP contribution in [-0.2, 0) is 0 Å². The van der Waals surface area contributed by atoms with Gasteiger partial charge in [-0.1, -0.05) is 52.4 Å². The summed E-state index contributed by atoms with van der Waals surface area (Å²) >= 11 is 5.79. The molecule has 1 nitrogen and oxygen atoms in total. The highest BCUT2D eigenvalue weighted by Gasteiger charge is 2.01. The van der Waals surface area contributed by atoms with E-state index >= 15 is 0 Å². The van der Waals surface area contributed by atoms with Gasteiger partial charge in [0.25, 0.3) is 0 Å². The fourth-order valence-corrected chi connectivity index (χ4v) is 2.30. The van der Waals surface area contributed by atoms with Crippen LogP contribution in [0.25, 0.3) is 0 Å². The van der Waals surface area contributed by atoms with E-state index in [0.29, 0.717) is 0 Å². The summed E-state index contributed by atoms with van der Waals surface area (Å²) in [6, 6.07) is 0. The van der Waals surface area contributed by atoms with Crippen LogP contribution in [-0.4, -0.2) is 30.4 Å². The van der Waals surface area contributed by atoms with Gasteiger partial charge < -0.3 is 4.90 Å². The highest BCUT2D eigenvalue weighted by atomic mass is 35.5. The Balaban J connectivity index is 3.25. The van der Waals surface area contributed by atoms with Crippen molar-refractivity contribution in [3.05, 3.63) is 0 Å². The van der Waals surface area contributed by atoms with E-state index in [-0.39, 0.29) is 0 Å². The lowest BCUT2D eigenvalue weighted by Crippen LogP contribution is -2.27. The van der Waals surface area contributed by atoms with E-state index in [4.69, 9.17) is 11.6 Å². The predicted molar refractivity (Wildman–Crippen MR) is 75.4 cm³/mol. The summed E-state index contributed by atoms with van der Waals surface area (Å²) in [6.07, 6.45) is 11.0. The Bertz CT molecular complexity index is 122. The minimum Gasteiger partial charge on any atom is -0.302 e. The van der Waals surface area contributed by atoms with Gasteiger partial charge in [-0.05, 0) is 25.9 Å². The molecule has 0 saturated carbocycles. The van der Waals surface area contributed by atoms with Crippen LogP contribution < -0.4 is 0 Å². The molecule has 0 aromatic heterocycles. The second-order valence-corrected chi connectivity index (χ2v) is 5.03. The van der Waals surface area contributed by atoms with Gasteiger partial charge in [-0.15, -0.1) is 11.6 Å². The first-order valence-corrected chi connectivity index (χ1v) is 7.66. The van der Waals surface area contributed by atoms with Gasteiger partial charge >= 0.3 is 0 Å². The summed E-state index contributed by atoms with van der Waals surface area (Å²) in [5.74, 6) is 0.774. The zero-order valence-electron chi connectivity index (χ0n) is 11.3. The molecule has 0 spiro atoms. The zero-order valence-corrected chi connectivity index (χ0v) is 12.1. The van der Waals surface area contributed by atoms with Gasteiger partial charge in [-0.2, -0.15) is 0 Å². The number of hydrogen-bond acceptors (Lipinski definition) is 1. The minimum absolute atomic E-state index is 0.774. The van der Waals surface area contributed by atoms with Gasteiger partial charge in [0.15, 0.2) is 0 Å². The van der Waals surface area contributed by atoms with Gasteiger partial charge in [0.05, 0.1) is 0 Å². The largest absolute Gasteiger partial charge is 0.302 e. The smallest absolute Gasteiger partial charge is 0.0351 e. The highest BCUT2D eigenvalue weighted by Crippen LogP contribution is 2.07. The van der Waals surface area contributed by atoms with Crippen molar-refractivity contribution in [1.82, 2.24) is 4.90 Å². The fourth-order valence-electron chi connectivity index (χ4n) is 2.06. The number of alkyl halides is 1. The van der Waals surface area contributed by atoms with Gasteiger partial charge in [0.1, 0.15) is 0 Å². The Kier molecular flexibility index (Phi) is 13.5. The zero-order chi connectivity index (χ0) is 12.1. The normalized spacial score (nSPS) is 11.2. The van der Waals surface area contributed by atoms with Gasteiger partial charge in [-0.3, -0.25) is 0 Å². The van der Waals surface area contributed by atoms with Gasteiger partial charge in [0, 0.05) is 12.4 Å². The second-order valence-electron chi connectivity index (χ2n) is 4.65. The average molecular weight is 248 g/mol. The Labute approximate surface area is 108 Å². The average Bonchev–Trinajstić information content (AvgIpc) is 2.28. The van der Waals surface area contributed by atoms with E-state index in [1.807, 2.05) is 0 Å². The first-order chi connectivity index (χ1) is 7.85. The van der Waals surface area contributed by atoms with Crippen molar-refractivity contribution in [2.45, 2.75) is 65.2 Å². The summed E-state index contributed by atoms with van der Waals surface area (Å²) in [7, 11) is 0. The van der Waals surface area contributed by atoms with Crippen molar-refractivity contribution in [2.75, 3.05) is 25.5 Å². The molecule has 0 bridgehead atoms. The SMILES string of the molecule is CCCCCCCCCN(CCC)CCCl. The van der Waals surface area contributed by atoms with Crippen molar-refractivity contribution in [3.63, 3.8) is 0 Å². The Morgan fingerprint density at radius 1 is 0.688 bits per heavy atom. The lowest BCUT2D eigenvalue weighted by molar-refractivity contribution is 0.282. The van der Waals surface area contributed by atoms with Crippen LogP contribution in [0, 0.1) is 0 Å². The standard InChI is InChI=1S/C14H30ClN/c1-3-5-6-7-8-9-10-13-16(12-4-2)14-11-15/h3-14H2,1-2H3. The fraction of sp³-hybridized carbons (Fsp3) is 1.00. The van der Waals surface area contributed by atoms with E-state index < -0.39 is 0 Å². The van der Waals surface area contributed by atoms with E-state index in [2.05, 4.69) is 18.7 Å². The highest BCUT2D eigenvalue weighted by molar-refractivity contribution is 6.18. The monoisotopic (exact) mass is 247 g/mol. The molecule has 2 heteroatoms. The molecular formula is C14H30ClN. The van der Waals surface area contributed by atoms with Gasteiger partial charge in [0.2, 0.25) is 0 Å². The van der Waals surface area contributed by atoms with Crippen LogP contribution in [0.2, 0.25) is 0 Å². The van der Waals surface area contributed by atoms with Crippen LogP contribution in [0.3, 0.4) is 0 Å². The molecule has 98 valence electrons. The Hall–Kier alpha value is 0.250. The molecule has 0 N–H and O–H groups in total. The van der Waals surface area contributed by atoms with Crippen molar-refractivity contribution in [1.29, 1.82) is 0 Å². The molecule has 0 radical (unpaired) electrons. The summed E-state index contributed by atoms with van der Waals surface area (Å²) in [5, 5.41) is 0. The molecule has 0 aliphatic rings. The van der Waals surface area contributed by atoms with Gasteiger partial charge in [-0.25, -0.2) is 0 Å². The topological polar surface area (TPSA) is 3.24 Å². The maximum Gasteiger partial charge on any atom is 0.0351 e. The van der Waals surface area contributed by atoms with Crippen molar-refractivity contribution in [2.24, 2.45) is 0 Å². The summed E-state index contributed by atoms with van der Waals surface area (Å²) in [5.41, 5.74) is 0. The maximum absolute atomic E-state index is 5.79. The molecular weight excluding hydrogens is 218 g/mol. The molecule has 16 heavy (non-hydrogen) atoms. The number of rotatable bonds is 12. The Morgan fingerprint density at radius 2 is 1.31 bits per heavy atom. The molecule has 0 saturated heterocycles. The molecule has 0 fully saturated rings. The minimum atomic E-state index is 0.774. The number of halogens is 1. The van der Waals surface area contributed by atoms with E-state index in [9.17, 15) is 0 Å². The van der Waals surface area contributed by atoms with E-state index in [1.54, 1.807) is 0 Å². The van der Waals surface area contributed by atoms with Crippen LogP contribution in [0.1, 0.15) is 65.2 Å². The van der Waals surface area contributed by atoms with Crippen molar-refractivity contribution >= 4 is 11.6 Å². The molecule has 0 aliphatic heterocycles. The third-order valence-corrected chi connectivity index (χ3v) is 3.19. The third kappa shape index (κ3) is 10.8. The quantitative estimate of drug-likeness (QED) is 0.357. The summed E-state index contributed by atoms with van der Waals surface area (Å²) in [4.78, 5) is 2.50. The summed E-state index contributed by atoms with van der Waals surface area (Å²) in [6.45, 7) is 8.03. The third-order valence-electron chi connectivity index (χ3n) is 3.02. The van der Waals surface area contributed by atoms with Crippen LogP contribution in [0.4, 0.5) is 0 Å². The molecule has 0 rings (SSSR count). The lowest BCUT2D eigenvalue weighted by atomic mass is 10.1. The molecule has 0 aliphatic carbocycles. The van der Waals surface area contributed by atoms with Crippen molar-refractivity contribution < 1.29 is 0 Å². The Morgan fingerprint density at radius 3 is 1.88 bits per heavy atom. The molecule has 0 atom stereocenters. The van der Waals surface area contributed by atoms with E-state index in [0.717, 1.165) is 12.4 Å².